The molecule has 0 saturated carbocycles. The second-order valence-electron chi connectivity index (χ2n) is 4.63. The van der Waals surface area contributed by atoms with E-state index in [1.807, 2.05) is 19.9 Å². The van der Waals surface area contributed by atoms with Crippen molar-refractivity contribution < 1.29 is 14.6 Å². The Morgan fingerprint density at radius 1 is 1.60 bits per heavy atom. The molecule has 2 atom stereocenters. The highest BCUT2D eigenvalue weighted by Gasteiger charge is 2.34. The molecule has 1 aromatic rings. The first-order valence-electron chi connectivity index (χ1n) is 6.60. The lowest BCUT2D eigenvalue weighted by molar-refractivity contribution is -0.127. The van der Waals surface area contributed by atoms with Gasteiger partial charge in [-0.15, -0.1) is 0 Å². The third kappa shape index (κ3) is 3.91. The number of aliphatic hydroxyl groups excluding tert-OH is 1. The number of amides is 1. The number of carbonyl (C=O) groups excluding carboxylic acids is 1. The van der Waals surface area contributed by atoms with Gasteiger partial charge in [0.05, 0.1) is 11.9 Å². The number of likely N-dealkylation sites (tertiary alicyclic amines) is 1. The summed E-state index contributed by atoms with van der Waals surface area (Å²) in [5, 5.41) is 10.4. The summed E-state index contributed by atoms with van der Waals surface area (Å²) in [5.41, 5.74) is 0.878. The largest absolute Gasteiger partial charge is 0.388 e. The summed E-state index contributed by atoms with van der Waals surface area (Å²) in [6, 6.07) is 1.81. The second-order valence-corrected chi connectivity index (χ2v) is 5.57. The molecule has 20 heavy (non-hydrogen) atoms. The molecule has 1 N–H and O–H groups in total. The number of hydrogen-bond acceptors (Lipinski definition) is 6. The van der Waals surface area contributed by atoms with Gasteiger partial charge in [0.2, 0.25) is 5.91 Å². The molecule has 2 heterocycles. The standard InChI is InChI=1S/C13H19N3O3S/c1-3-19-11-7-16(6-10(11)17)12(18)8-20-13-14-5-4-9(2)15-13/h4-5,10-11,17H,3,6-8H2,1-2H3/t10-,11-/m0/s1. The number of aliphatic hydroxyl groups is 1. The van der Waals surface area contributed by atoms with Crippen LogP contribution in [-0.4, -0.2) is 63.5 Å². The highest BCUT2D eigenvalue weighted by atomic mass is 32.2. The second kappa shape index (κ2) is 7.01. The molecule has 0 bridgehead atoms. The van der Waals surface area contributed by atoms with Gasteiger partial charge in [-0.1, -0.05) is 11.8 Å². The maximum Gasteiger partial charge on any atom is 0.233 e. The Hall–Kier alpha value is -1.18. The molecule has 1 fully saturated rings. The summed E-state index contributed by atoms with van der Waals surface area (Å²) < 4.78 is 5.40. The summed E-state index contributed by atoms with van der Waals surface area (Å²) >= 11 is 1.31. The van der Waals surface area contributed by atoms with E-state index in [2.05, 4.69) is 9.97 Å². The molecule has 6 nitrogen and oxygen atoms in total. The Morgan fingerprint density at radius 3 is 3.10 bits per heavy atom. The number of ether oxygens (including phenoxy) is 1. The van der Waals surface area contributed by atoms with Crippen LogP contribution in [0.3, 0.4) is 0 Å². The fraction of sp³-hybridized carbons (Fsp3) is 0.615. The van der Waals surface area contributed by atoms with Crippen molar-refractivity contribution in [1.82, 2.24) is 14.9 Å². The highest BCUT2D eigenvalue weighted by molar-refractivity contribution is 7.99. The quantitative estimate of drug-likeness (QED) is 0.629. The fourth-order valence-electron chi connectivity index (χ4n) is 2.05. The van der Waals surface area contributed by atoms with Crippen molar-refractivity contribution in [3.63, 3.8) is 0 Å². The van der Waals surface area contributed by atoms with E-state index in [-0.39, 0.29) is 17.8 Å². The molecule has 0 unspecified atom stereocenters. The van der Waals surface area contributed by atoms with E-state index in [1.165, 1.54) is 11.8 Å². The van der Waals surface area contributed by atoms with Crippen molar-refractivity contribution in [1.29, 1.82) is 0 Å². The summed E-state index contributed by atoms with van der Waals surface area (Å²) in [7, 11) is 0. The zero-order valence-electron chi connectivity index (χ0n) is 11.7. The molecular weight excluding hydrogens is 278 g/mol. The van der Waals surface area contributed by atoms with Gasteiger partial charge in [-0.2, -0.15) is 0 Å². The van der Waals surface area contributed by atoms with Crippen molar-refractivity contribution >= 4 is 17.7 Å². The first-order chi connectivity index (χ1) is 9.60. The third-order valence-corrected chi connectivity index (χ3v) is 3.91. The zero-order valence-corrected chi connectivity index (χ0v) is 12.5. The molecule has 1 aliphatic rings. The van der Waals surface area contributed by atoms with Gasteiger partial charge in [0.25, 0.3) is 0 Å². The van der Waals surface area contributed by atoms with Gasteiger partial charge in [-0.05, 0) is 19.9 Å². The van der Waals surface area contributed by atoms with Crippen molar-refractivity contribution in [3.05, 3.63) is 18.0 Å². The molecule has 0 radical (unpaired) electrons. The SMILES string of the molecule is CCO[C@H]1CN(C(=O)CSc2nccc(C)n2)C[C@@H]1O. The predicted molar refractivity (Wildman–Crippen MR) is 75.5 cm³/mol. The van der Waals surface area contributed by atoms with Crippen LogP contribution in [0, 0.1) is 6.92 Å². The predicted octanol–water partition coefficient (Wildman–Crippen LogP) is 0.485. The number of β-amino-alcohol motifs (C(OH)–C–C–N with tert-alkyl or cyclic N) is 1. The minimum absolute atomic E-state index is 0.0265. The van der Waals surface area contributed by atoms with E-state index >= 15 is 0 Å². The van der Waals surface area contributed by atoms with Crippen LogP contribution in [0.1, 0.15) is 12.6 Å². The van der Waals surface area contributed by atoms with E-state index in [1.54, 1.807) is 11.1 Å². The number of thioether (sulfide) groups is 1. The van der Waals surface area contributed by atoms with E-state index < -0.39 is 6.10 Å². The van der Waals surface area contributed by atoms with Crippen molar-refractivity contribution in [3.8, 4) is 0 Å². The molecule has 110 valence electrons. The Balaban J connectivity index is 1.84. The maximum absolute atomic E-state index is 12.1. The van der Waals surface area contributed by atoms with Gasteiger partial charge in [-0.3, -0.25) is 4.79 Å². The molecule has 0 aliphatic carbocycles. The van der Waals surface area contributed by atoms with Gasteiger partial charge in [0.15, 0.2) is 5.16 Å². The van der Waals surface area contributed by atoms with Crippen molar-refractivity contribution in [2.24, 2.45) is 0 Å². The molecule has 1 saturated heterocycles. The van der Waals surface area contributed by atoms with Crippen LogP contribution < -0.4 is 0 Å². The van der Waals surface area contributed by atoms with Gasteiger partial charge in [-0.25, -0.2) is 9.97 Å². The van der Waals surface area contributed by atoms with Crippen LogP contribution in [-0.2, 0) is 9.53 Å². The van der Waals surface area contributed by atoms with Crippen molar-refractivity contribution in [2.75, 3.05) is 25.4 Å². The fourth-order valence-corrected chi connectivity index (χ4v) is 2.83. The Labute approximate surface area is 122 Å². The molecular formula is C13H19N3O3S. The number of aromatic nitrogens is 2. The summed E-state index contributed by atoms with van der Waals surface area (Å²) in [6.07, 6.45) is 0.808. The lowest BCUT2D eigenvalue weighted by atomic mass is 10.3. The number of nitrogens with zero attached hydrogens (tertiary/aromatic N) is 3. The van der Waals surface area contributed by atoms with Crippen molar-refractivity contribution in [2.45, 2.75) is 31.2 Å². The molecule has 7 heteroatoms. The van der Waals surface area contributed by atoms with Crippen LogP contribution in [0.2, 0.25) is 0 Å². The van der Waals surface area contributed by atoms with E-state index in [0.717, 1.165) is 5.69 Å². The van der Waals surface area contributed by atoms with E-state index in [0.29, 0.717) is 24.9 Å². The molecule has 0 spiro atoms. The first-order valence-corrected chi connectivity index (χ1v) is 7.58. The lowest BCUT2D eigenvalue weighted by Gasteiger charge is -2.15. The molecule has 0 aromatic carbocycles. The molecule has 2 rings (SSSR count). The van der Waals surface area contributed by atoms with Gasteiger partial charge < -0.3 is 14.7 Å². The topological polar surface area (TPSA) is 75.5 Å². The van der Waals surface area contributed by atoms with Gasteiger partial charge in [0, 0.05) is 31.6 Å². The monoisotopic (exact) mass is 297 g/mol. The first kappa shape index (κ1) is 15.2. The maximum atomic E-state index is 12.1. The van der Waals surface area contributed by atoms with Crippen LogP contribution in [0.25, 0.3) is 0 Å². The zero-order chi connectivity index (χ0) is 14.5. The summed E-state index contributed by atoms with van der Waals surface area (Å²) in [4.78, 5) is 22.1. The Kier molecular flexibility index (Phi) is 5.33. The normalized spacial score (nSPS) is 22.2. The smallest absolute Gasteiger partial charge is 0.233 e. The van der Waals surface area contributed by atoms with Gasteiger partial charge >= 0.3 is 0 Å². The Morgan fingerprint density at radius 2 is 2.40 bits per heavy atom. The lowest BCUT2D eigenvalue weighted by Crippen LogP contribution is -2.31. The number of aryl methyl sites for hydroxylation is 1. The summed E-state index contributed by atoms with van der Waals surface area (Å²) in [6.45, 7) is 5.08. The average Bonchev–Trinajstić information content (AvgIpc) is 2.78. The Bertz CT molecular complexity index is 472. The number of rotatable bonds is 5. The highest BCUT2D eigenvalue weighted by Crippen LogP contribution is 2.18. The molecule has 1 aliphatic heterocycles. The number of carbonyl (C=O) groups is 1. The van der Waals surface area contributed by atoms with Crippen LogP contribution in [0.5, 0.6) is 0 Å². The number of hydrogen-bond donors (Lipinski definition) is 1. The van der Waals surface area contributed by atoms with Crippen LogP contribution >= 0.6 is 11.8 Å². The van der Waals surface area contributed by atoms with Crippen LogP contribution in [0.15, 0.2) is 17.4 Å². The van der Waals surface area contributed by atoms with E-state index in [4.69, 9.17) is 4.74 Å². The third-order valence-electron chi connectivity index (χ3n) is 3.07. The average molecular weight is 297 g/mol. The molecule has 1 aromatic heterocycles. The summed E-state index contributed by atoms with van der Waals surface area (Å²) in [5.74, 6) is 0.246. The molecule has 1 amide bonds. The van der Waals surface area contributed by atoms with Crippen LogP contribution in [0.4, 0.5) is 0 Å². The van der Waals surface area contributed by atoms with Gasteiger partial charge in [0.1, 0.15) is 6.10 Å². The van der Waals surface area contributed by atoms with E-state index in [9.17, 15) is 9.90 Å². The minimum atomic E-state index is -0.598. The minimum Gasteiger partial charge on any atom is -0.388 e.